The van der Waals surface area contributed by atoms with E-state index in [1.165, 1.54) is 10.7 Å². The molecule has 7 nitrogen and oxygen atoms in total. The second-order valence-electron chi connectivity index (χ2n) is 9.49. The van der Waals surface area contributed by atoms with Gasteiger partial charge in [0.25, 0.3) is 11.8 Å². The number of allylic oxidation sites excluding steroid dienone is 1. The van der Waals surface area contributed by atoms with E-state index in [0.717, 1.165) is 30.9 Å². The van der Waals surface area contributed by atoms with Crippen molar-refractivity contribution >= 4 is 22.9 Å². The summed E-state index contributed by atoms with van der Waals surface area (Å²) in [5.74, 6) is -4.12. The van der Waals surface area contributed by atoms with Gasteiger partial charge in [0, 0.05) is 23.9 Å². The van der Waals surface area contributed by atoms with Gasteiger partial charge in [-0.2, -0.15) is 18.3 Å². The molecule has 3 heterocycles. The van der Waals surface area contributed by atoms with Crippen LogP contribution in [0.25, 0.3) is 11.1 Å². The summed E-state index contributed by atoms with van der Waals surface area (Å²) in [6.07, 6.45) is 5.10. The van der Waals surface area contributed by atoms with E-state index in [-0.39, 0.29) is 11.5 Å². The smallest absolute Gasteiger partial charge is 0.348 e. The first-order chi connectivity index (χ1) is 17.5. The van der Waals surface area contributed by atoms with Gasteiger partial charge in [0.1, 0.15) is 6.04 Å². The van der Waals surface area contributed by atoms with Gasteiger partial charge in [-0.15, -0.1) is 0 Å². The number of pyridine rings is 1. The number of hydrogen-bond donors (Lipinski definition) is 2. The Morgan fingerprint density at radius 3 is 2.73 bits per heavy atom. The number of nitrogens with one attached hydrogen (secondary N) is 2. The van der Waals surface area contributed by atoms with E-state index < -0.39 is 36.5 Å². The summed E-state index contributed by atoms with van der Waals surface area (Å²) in [7, 11) is 0. The van der Waals surface area contributed by atoms with E-state index in [1.54, 1.807) is 24.5 Å². The lowest BCUT2D eigenvalue weighted by Crippen LogP contribution is -2.43. The Morgan fingerprint density at radius 1 is 1.22 bits per heavy atom. The van der Waals surface area contributed by atoms with Gasteiger partial charge >= 0.3 is 6.18 Å². The minimum atomic E-state index is -4.57. The normalized spacial score (nSPS) is 17.1. The van der Waals surface area contributed by atoms with Crippen LogP contribution in [-0.2, 0) is 6.42 Å². The number of rotatable bonds is 7. The summed E-state index contributed by atoms with van der Waals surface area (Å²) in [6.45, 7) is 0.354. The molecule has 0 radical (unpaired) electrons. The fourth-order valence-electron chi connectivity index (χ4n) is 4.34. The molecule has 0 bridgehead atoms. The summed E-state index contributed by atoms with van der Waals surface area (Å²) >= 11 is 0. The van der Waals surface area contributed by atoms with Crippen molar-refractivity contribution in [3.8, 4) is 0 Å². The first kappa shape index (κ1) is 25.1. The molecule has 5 rings (SSSR count). The van der Waals surface area contributed by atoms with Crippen molar-refractivity contribution in [1.82, 2.24) is 24.9 Å². The van der Waals surface area contributed by atoms with E-state index in [1.807, 2.05) is 11.4 Å². The van der Waals surface area contributed by atoms with Crippen LogP contribution in [0.5, 0.6) is 0 Å². The number of halogens is 5. The fourth-order valence-corrected chi connectivity index (χ4v) is 4.34. The highest BCUT2D eigenvalue weighted by molar-refractivity contribution is 6.01. The van der Waals surface area contributed by atoms with Gasteiger partial charge in [0.2, 0.25) is 5.95 Å². The molecule has 0 unspecified atom stereocenters. The lowest BCUT2D eigenvalue weighted by Gasteiger charge is -2.17. The van der Waals surface area contributed by atoms with Crippen LogP contribution in [0, 0.1) is 5.92 Å². The molecule has 12 heteroatoms. The zero-order chi connectivity index (χ0) is 26.4. The number of nitrogens with zero attached hydrogens (tertiary/aromatic N) is 4. The van der Waals surface area contributed by atoms with E-state index in [9.17, 15) is 26.7 Å². The van der Waals surface area contributed by atoms with Crippen molar-refractivity contribution in [3.05, 3.63) is 59.2 Å². The number of carbonyl (C=O) groups excluding carboxylic acids is 1. The third-order valence-corrected chi connectivity index (χ3v) is 6.70. The van der Waals surface area contributed by atoms with Crippen LogP contribution < -0.4 is 10.6 Å². The molecular weight excluding hydrogens is 495 g/mol. The number of anilines is 1. The predicted octanol–water partition coefficient (Wildman–Crippen LogP) is 5.03. The van der Waals surface area contributed by atoms with E-state index in [0.29, 0.717) is 36.0 Å². The lowest BCUT2D eigenvalue weighted by molar-refractivity contribution is -0.149. The van der Waals surface area contributed by atoms with E-state index in [4.69, 9.17) is 0 Å². The average molecular weight is 521 g/mol. The van der Waals surface area contributed by atoms with Crippen molar-refractivity contribution in [2.45, 2.75) is 57.2 Å². The number of carbonyl (C=O) groups is 1. The average Bonchev–Trinajstić information content (AvgIpc) is 3.65. The Balaban J connectivity index is 1.42. The molecule has 1 fully saturated rings. The zero-order valence-corrected chi connectivity index (χ0v) is 19.9. The maximum absolute atomic E-state index is 14.1. The summed E-state index contributed by atoms with van der Waals surface area (Å²) in [6, 6.07) is 1.45. The van der Waals surface area contributed by atoms with Crippen molar-refractivity contribution in [2.24, 2.45) is 5.92 Å². The van der Waals surface area contributed by atoms with Crippen LogP contribution in [0.3, 0.4) is 0 Å². The quantitative estimate of drug-likeness (QED) is 0.427. The number of aromatic nitrogens is 4. The number of fused-ring (bicyclic) bond motifs is 2. The molecule has 2 N–H and O–H groups in total. The number of aryl methyl sites for hydroxylation is 1. The van der Waals surface area contributed by atoms with Crippen LogP contribution in [0.2, 0.25) is 0 Å². The third kappa shape index (κ3) is 5.28. The molecule has 0 aromatic carbocycles. The summed E-state index contributed by atoms with van der Waals surface area (Å²) in [5.41, 5.74) is 3.30. The van der Waals surface area contributed by atoms with Gasteiger partial charge in [-0.3, -0.25) is 4.79 Å². The van der Waals surface area contributed by atoms with Crippen LogP contribution in [0.15, 0.2) is 36.8 Å². The van der Waals surface area contributed by atoms with Gasteiger partial charge in [0.15, 0.2) is 0 Å². The van der Waals surface area contributed by atoms with Crippen molar-refractivity contribution in [1.29, 1.82) is 0 Å². The maximum Gasteiger partial charge on any atom is 0.408 e. The summed E-state index contributed by atoms with van der Waals surface area (Å²) in [4.78, 5) is 21.3. The number of amides is 1. The maximum atomic E-state index is 14.1. The molecular formula is C25H25F5N6O. The van der Waals surface area contributed by atoms with Crippen LogP contribution >= 0.6 is 0 Å². The van der Waals surface area contributed by atoms with Crippen molar-refractivity contribution in [2.75, 3.05) is 11.9 Å². The highest BCUT2D eigenvalue weighted by atomic mass is 19.4. The summed E-state index contributed by atoms with van der Waals surface area (Å²) < 4.78 is 68.4. The second-order valence-corrected chi connectivity index (χ2v) is 9.49. The molecule has 3 aromatic heterocycles. The van der Waals surface area contributed by atoms with Gasteiger partial charge < -0.3 is 10.6 Å². The van der Waals surface area contributed by atoms with Crippen molar-refractivity contribution in [3.63, 3.8) is 0 Å². The molecule has 1 atom stereocenters. The van der Waals surface area contributed by atoms with Crippen molar-refractivity contribution < 1.29 is 26.7 Å². The third-order valence-electron chi connectivity index (χ3n) is 6.70. The first-order valence-electron chi connectivity index (χ1n) is 12.1. The van der Waals surface area contributed by atoms with E-state index in [2.05, 4.69) is 20.4 Å². The van der Waals surface area contributed by atoms with Gasteiger partial charge in [-0.05, 0) is 62.3 Å². The molecule has 0 aliphatic heterocycles. The van der Waals surface area contributed by atoms with Crippen LogP contribution in [0.4, 0.5) is 27.9 Å². The van der Waals surface area contributed by atoms with Crippen LogP contribution in [-0.4, -0.2) is 50.2 Å². The number of hydrogen-bond acceptors (Lipinski definition) is 5. The predicted molar refractivity (Wildman–Crippen MR) is 126 cm³/mol. The monoisotopic (exact) mass is 520 g/mol. The minimum absolute atomic E-state index is 0.0137. The fraction of sp³-hybridized carbons (Fsp3) is 0.440. The standard InChI is InChI=1S/C25H25F5N6O/c1-14(25(28,29)30)34-22(37)19-12-33-36-9-8-15(10-21(19)36)17-4-2-3-5-20-18(17)11-31-23(35-20)32-13-24(26,27)16-6-7-16/h4,8-12,14,16H,2-3,5-7,13H2,1H3,(H,34,37)(H,31,32,35)/t14-/m1/s1. The first-order valence-corrected chi connectivity index (χ1v) is 12.1. The molecule has 196 valence electrons. The largest absolute Gasteiger partial charge is 0.408 e. The highest BCUT2D eigenvalue weighted by Gasteiger charge is 2.46. The number of alkyl halides is 5. The van der Waals surface area contributed by atoms with Gasteiger partial charge in [0.05, 0.1) is 29.5 Å². The van der Waals surface area contributed by atoms with Gasteiger partial charge in [-0.1, -0.05) is 6.08 Å². The Labute approximate surface area is 209 Å². The topological polar surface area (TPSA) is 84.2 Å². The SMILES string of the molecule is C[C@@H](NC(=O)c1cnn2ccc(C3=CCCCc4nc(NCC(F)(F)C5CC5)ncc43)cc12)C(F)(F)F. The highest BCUT2D eigenvalue weighted by Crippen LogP contribution is 2.43. The summed E-state index contributed by atoms with van der Waals surface area (Å²) in [5, 5.41) is 8.72. The minimum Gasteiger partial charge on any atom is -0.348 e. The Bertz CT molecular complexity index is 1360. The molecule has 2 aliphatic rings. The molecule has 3 aromatic rings. The van der Waals surface area contributed by atoms with Crippen LogP contribution in [0.1, 0.15) is 59.8 Å². The molecule has 37 heavy (non-hydrogen) atoms. The Hall–Kier alpha value is -3.57. The molecule has 1 saturated carbocycles. The Morgan fingerprint density at radius 2 is 2.00 bits per heavy atom. The molecule has 1 amide bonds. The Kier molecular flexibility index (Phi) is 6.36. The second kappa shape index (κ2) is 9.38. The molecule has 0 spiro atoms. The molecule has 0 saturated heterocycles. The lowest BCUT2D eigenvalue weighted by atomic mass is 9.98. The van der Waals surface area contributed by atoms with Gasteiger partial charge in [-0.25, -0.2) is 23.3 Å². The zero-order valence-electron chi connectivity index (χ0n) is 19.9. The van der Waals surface area contributed by atoms with E-state index >= 15 is 0 Å². The molecule has 2 aliphatic carbocycles.